The lowest BCUT2D eigenvalue weighted by Gasteiger charge is -2.72. The first-order valence-electron chi connectivity index (χ1n) is 19.5. The smallest absolute Gasteiger partial charge is 0.407 e. The molecule has 6 saturated carbocycles. The normalized spacial score (nSPS) is 46.4. The van der Waals surface area contributed by atoms with Crippen LogP contribution in [0, 0.1) is 68.0 Å². The number of nitrogens with one attached hydrogen (secondary N) is 1. The molecule has 12 atom stereocenters. The number of allylic oxidation sites excluding steroid dienone is 1. The Hall–Kier alpha value is -2.05. The van der Waals surface area contributed by atoms with Crippen molar-refractivity contribution in [1.29, 1.82) is 0 Å². The maximum absolute atomic E-state index is 13.8. The van der Waals surface area contributed by atoms with E-state index in [4.69, 9.17) is 9.47 Å². The fraction of sp³-hybridized carbons (Fsp3) is 0.881. The first kappa shape index (κ1) is 36.7. The minimum Gasteiger partial charge on any atom is -0.481 e. The molecule has 7 heteroatoms. The van der Waals surface area contributed by atoms with E-state index in [1.54, 1.807) is 0 Å². The van der Waals surface area contributed by atoms with Crippen LogP contribution in [0.15, 0.2) is 12.2 Å². The largest absolute Gasteiger partial charge is 0.481 e. The van der Waals surface area contributed by atoms with E-state index in [1.165, 1.54) is 5.57 Å². The van der Waals surface area contributed by atoms with Gasteiger partial charge in [0.25, 0.3) is 0 Å². The molecule has 0 radical (unpaired) electrons. The molecule has 6 aliphatic carbocycles. The van der Waals surface area contributed by atoms with Gasteiger partial charge in [0.2, 0.25) is 0 Å². The van der Waals surface area contributed by atoms with E-state index in [1.807, 2.05) is 34.6 Å². The summed E-state index contributed by atoms with van der Waals surface area (Å²) in [4.78, 5) is 39.3. The second-order valence-corrected chi connectivity index (χ2v) is 20.7. The highest BCUT2D eigenvalue weighted by Crippen LogP contribution is 2.77. The summed E-state index contributed by atoms with van der Waals surface area (Å²) in [5.74, 6) is 0.945. The van der Waals surface area contributed by atoms with Crippen LogP contribution in [0.3, 0.4) is 0 Å². The minimum absolute atomic E-state index is 0.0959. The average molecular weight is 682 g/mol. The van der Waals surface area contributed by atoms with E-state index >= 15 is 0 Å². The third-order valence-electron chi connectivity index (χ3n) is 16.9. The number of esters is 1. The van der Waals surface area contributed by atoms with Gasteiger partial charge in [-0.05, 0) is 150 Å². The van der Waals surface area contributed by atoms with E-state index in [0.717, 1.165) is 64.2 Å². The molecule has 0 aliphatic heterocycles. The van der Waals surface area contributed by atoms with Crippen molar-refractivity contribution in [3.05, 3.63) is 12.2 Å². The number of rotatable bonds is 5. The van der Waals surface area contributed by atoms with Crippen LogP contribution in [-0.4, -0.2) is 40.9 Å². The molecule has 0 aromatic rings. The quantitative estimate of drug-likeness (QED) is 0.221. The van der Waals surface area contributed by atoms with Gasteiger partial charge in [-0.3, -0.25) is 9.59 Å². The maximum atomic E-state index is 13.8. The molecule has 0 bridgehead atoms. The molecule has 0 heterocycles. The zero-order valence-electron chi connectivity index (χ0n) is 32.6. The molecule has 7 nitrogen and oxygen atoms in total. The van der Waals surface area contributed by atoms with Gasteiger partial charge in [-0.25, -0.2) is 4.79 Å². The second kappa shape index (κ2) is 11.5. The summed E-state index contributed by atoms with van der Waals surface area (Å²) in [6.07, 6.45) is 9.99. The van der Waals surface area contributed by atoms with Gasteiger partial charge >= 0.3 is 18.0 Å². The number of carbonyl (C=O) groups excluding carboxylic acids is 2. The van der Waals surface area contributed by atoms with Gasteiger partial charge in [-0.15, -0.1) is 0 Å². The SMILES string of the molecule is C=C(C)C1CC[C@]2(C(=O)O)CC[C@]3(C)C(CC[C@@H]4[C@@]5(C)CC[C@H](OC(=O)C6C[C@@H](NC(=O)OC(C)(C)C)C6(C)C)C(C)(C)[C@@H]5CC[C@]43C)C12. The van der Waals surface area contributed by atoms with Crippen molar-refractivity contribution in [3.63, 3.8) is 0 Å². The van der Waals surface area contributed by atoms with Gasteiger partial charge in [-0.1, -0.05) is 60.6 Å². The number of hydrogen-bond donors (Lipinski definition) is 2. The molecule has 2 N–H and O–H groups in total. The molecule has 6 aliphatic rings. The maximum Gasteiger partial charge on any atom is 0.407 e. The van der Waals surface area contributed by atoms with Crippen molar-refractivity contribution in [2.45, 2.75) is 165 Å². The second-order valence-electron chi connectivity index (χ2n) is 20.7. The summed E-state index contributed by atoms with van der Waals surface area (Å²) in [6, 6.07) is -0.134. The van der Waals surface area contributed by atoms with Crippen LogP contribution in [0.4, 0.5) is 4.79 Å². The lowest BCUT2D eigenvalue weighted by molar-refractivity contribution is -0.251. The van der Waals surface area contributed by atoms with Gasteiger partial charge in [0, 0.05) is 11.5 Å². The Bertz CT molecular complexity index is 1390. The highest BCUT2D eigenvalue weighted by Gasteiger charge is 2.72. The summed E-state index contributed by atoms with van der Waals surface area (Å²) in [7, 11) is 0. The summed E-state index contributed by atoms with van der Waals surface area (Å²) >= 11 is 0. The number of amides is 1. The Labute approximate surface area is 296 Å². The third-order valence-corrected chi connectivity index (χ3v) is 16.9. The first-order chi connectivity index (χ1) is 22.5. The number of aliphatic carboxylic acids is 1. The lowest BCUT2D eigenvalue weighted by atomic mass is 9.32. The molecular formula is C42H67NO6. The van der Waals surface area contributed by atoms with Crippen molar-refractivity contribution >= 4 is 18.0 Å². The van der Waals surface area contributed by atoms with Gasteiger partial charge in [0.15, 0.2) is 0 Å². The minimum atomic E-state index is -0.594. The fourth-order valence-corrected chi connectivity index (χ4v) is 13.9. The molecule has 0 spiro atoms. The van der Waals surface area contributed by atoms with Gasteiger partial charge < -0.3 is 19.9 Å². The Kier molecular flexibility index (Phi) is 8.60. The lowest BCUT2D eigenvalue weighted by Crippen LogP contribution is -2.67. The first-order valence-corrected chi connectivity index (χ1v) is 19.5. The average Bonchev–Trinajstić information content (AvgIpc) is 3.37. The predicted molar refractivity (Wildman–Crippen MR) is 192 cm³/mol. The van der Waals surface area contributed by atoms with Crippen LogP contribution in [0.25, 0.3) is 0 Å². The number of carboxylic acid groups (broad SMARTS) is 1. The Morgan fingerprint density at radius 2 is 1.47 bits per heavy atom. The Balaban J connectivity index is 1.18. The van der Waals surface area contributed by atoms with Gasteiger partial charge in [0.05, 0.1) is 11.3 Å². The van der Waals surface area contributed by atoms with E-state index < -0.39 is 28.5 Å². The predicted octanol–water partition coefficient (Wildman–Crippen LogP) is 9.58. The highest BCUT2D eigenvalue weighted by atomic mass is 16.6. The molecular weight excluding hydrogens is 614 g/mol. The fourth-order valence-electron chi connectivity index (χ4n) is 13.9. The Morgan fingerprint density at radius 1 is 0.796 bits per heavy atom. The van der Waals surface area contributed by atoms with Crippen LogP contribution < -0.4 is 5.32 Å². The number of hydrogen-bond acceptors (Lipinski definition) is 5. The van der Waals surface area contributed by atoms with E-state index in [2.05, 4.69) is 53.4 Å². The van der Waals surface area contributed by atoms with E-state index in [-0.39, 0.29) is 51.6 Å². The molecule has 4 unspecified atom stereocenters. The molecule has 276 valence electrons. The molecule has 49 heavy (non-hydrogen) atoms. The molecule has 0 aromatic heterocycles. The van der Waals surface area contributed by atoms with E-state index in [9.17, 15) is 19.5 Å². The van der Waals surface area contributed by atoms with Crippen molar-refractivity contribution < 1.29 is 29.0 Å². The standard InChI is InChI=1S/C42H67NO6/c1-24(2)25-15-20-42(34(45)46)22-21-40(11)26(32(25)42)13-14-29-39(10)18-17-31(38(8,9)28(39)16-19-41(29,40)12)48-33(44)27-23-30(37(27,6)7)43-35(47)49-36(3,4)5/h25-32H,1,13-23H2,2-12H3,(H,43,47)(H,45,46)/t25?,26?,27?,28-,29+,30+,31-,32?,39-,40+,41+,42-/m0/s1. The van der Waals surface area contributed by atoms with Crippen LogP contribution in [0.1, 0.15) is 147 Å². The molecule has 0 aromatic carbocycles. The molecule has 6 fully saturated rings. The van der Waals surface area contributed by atoms with Crippen molar-refractivity contribution in [2.75, 3.05) is 0 Å². The van der Waals surface area contributed by atoms with Gasteiger partial charge in [0.1, 0.15) is 11.7 Å². The summed E-state index contributed by atoms with van der Waals surface area (Å²) in [6.45, 7) is 28.6. The number of carboxylic acids is 1. The summed E-state index contributed by atoms with van der Waals surface area (Å²) < 4.78 is 12.0. The molecule has 1 amide bonds. The monoisotopic (exact) mass is 681 g/mol. The van der Waals surface area contributed by atoms with Crippen LogP contribution in [0.5, 0.6) is 0 Å². The zero-order valence-corrected chi connectivity index (χ0v) is 32.6. The molecule has 6 rings (SSSR count). The summed E-state index contributed by atoms with van der Waals surface area (Å²) in [5.41, 5.74) is -0.196. The van der Waals surface area contributed by atoms with E-state index in [0.29, 0.717) is 30.1 Å². The van der Waals surface area contributed by atoms with Gasteiger partial charge in [-0.2, -0.15) is 0 Å². The van der Waals surface area contributed by atoms with Crippen LogP contribution in [-0.2, 0) is 19.1 Å². The summed E-state index contributed by atoms with van der Waals surface area (Å²) in [5, 5.41) is 13.7. The number of fused-ring (bicyclic) bond motifs is 7. The van der Waals surface area contributed by atoms with Crippen molar-refractivity contribution in [1.82, 2.24) is 5.32 Å². The topological polar surface area (TPSA) is 102 Å². The zero-order chi connectivity index (χ0) is 36.3. The highest BCUT2D eigenvalue weighted by molar-refractivity contribution is 5.77. The Morgan fingerprint density at radius 3 is 2.06 bits per heavy atom. The van der Waals surface area contributed by atoms with Crippen molar-refractivity contribution in [3.8, 4) is 0 Å². The molecule has 0 saturated heterocycles. The third kappa shape index (κ3) is 5.26. The number of carbonyl (C=O) groups is 3. The van der Waals surface area contributed by atoms with Crippen LogP contribution in [0.2, 0.25) is 0 Å². The van der Waals surface area contributed by atoms with Crippen molar-refractivity contribution in [2.24, 2.45) is 68.0 Å². The van der Waals surface area contributed by atoms with Crippen LogP contribution >= 0.6 is 0 Å². The number of ether oxygens (including phenoxy) is 2. The number of alkyl carbamates (subject to hydrolysis) is 1.